The van der Waals surface area contributed by atoms with Crippen molar-refractivity contribution in [2.75, 3.05) is 13.2 Å². The van der Waals surface area contributed by atoms with E-state index in [1.807, 2.05) is 32.9 Å². The van der Waals surface area contributed by atoms with Crippen molar-refractivity contribution in [1.29, 1.82) is 0 Å². The third-order valence-electron chi connectivity index (χ3n) is 5.77. The van der Waals surface area contributed by atoms with Gasteiger partial charge in [-0.25, -0.2) is 9.59 Å². The number of carbonyl (C=O) groups excluding carboxylic acids is 2. The number of hydrogen-bond donors (Lipinski definition) is 1. The van der Waals surface area contributed by atoms with Crippen LogP contribution < -0.4 is 5.32 Å². The van der Waals surface area contributed by atoms with Gasteiger partial charge in [0.1, 0.15) is 12.2 Å². The van der Waals surface area contributed by atoms with E-state index in [1.165, 1.54) is 5.56 Å². The Hall–Kier alpha value is -1.86. The maximum atomic E-state index is 12.7. The number of ether oxygens (including phenoxy) is 2. The summed E-state index contributed by atoms with van der Waals surface area (Å²) in [6.45, 7) is 16.1. The Morgan fingerprint density at radius 1 is 1.10 bits per heavy atom. The van der Waals surface area contributed by atoms with Crippen LogP contribution in [-0.2, 0) is 25.1 Å². The van der Waals surface area contributed by atoms with Crippen molar-refractivity contribution >= 4 is 20.4 Å². The van der Waals surface area contributed by atoms with Gasteiger partial charge in [-0.15, -0.1) is 0 Å². The summed E-state index contributed by atoms with van der Waals surface area (Å²) in [5.41, 5.74) is 1.78. The fraction of sp³-hybridized carbons (Fsp3) is 0.652. The van der Waals surface area contributed by atoms with E-state index in [4.69, 9.17) is 13.9 Å². The largest absolute Gasteiger partial charge is 0.504 e. The lowest BCUT2D eigenvalue weighted by Gasteiger charge is -2.36. The molecule has 0 fully saturated rings. The van der Waals surface area contributed by atoms with Gasteiger partial charge < -0.3 is 19.2 Å². The highest BCUT2D eigenvalue weighted by molar-refractivity contribution is 6.75. The van der Waals surface area contributed by atoms with Crippen molar-refractivity contribution in [3.8, 4) is 0 Å². The number of nitrogens with one attached hydrogen (secondary N) is 1. The highest BCUT2D eigenvalue weighted by Gasteiger charge is 2.42. The molecule has 0 heterocycles. The van der Waals surface area contributed by atoms with Gasteiger partial charge >= 0.3 is 12.1 Å². The van der Waals surface area contributed by atoms with E-state index >= 15 is 0 Å². The molecule has 0 aromatic heterocycles. The standard InChI is InChI=1S/C23H37NO5Si/c1-22(2,3)28-20(25)15-27-14-18-17-12-10-9-11-16(17)13-19(18)24-21(26)29-30(7,8)23(4,5)6/h9-12,18-19H,13-15H2,1-8H3,(H,24,26)/t18-,19-/m1/s1. The molecule has 2 rings (SSSR count). The molecule has 168 valence electrons. The molecule has 0 aliphatic heterocycles. The summed E-state index contributed by atoms with van der Waals surface area (Å²) in [6, 6.07) is 7.96. The maximum Gasteiger partial charge on any atom is 0.393 e. The Labute approximate surface area is 181 Å². The lowest BCUT2D eigenvalue weighted by Crippen LogP contribution is -2.48. The third-order valence-corrected chi connectivity index (χ3v) is 10.1. The van der Waals surface area contributed by atoms with Gasteiger partial charge in [0.25, 0.3) is 8.32 Å². The average Bonchev–Trinajstić information content (AvgIpc) is 2.89. The number of carbonyl (C=O) groups is 2. The highest BCUT2D eigenvalue weighted by Crippen LogP contribution is 2.37. The van der Waals surface area contributed by atoms with Gasteiger partial charge in [-0.1, -0.05) is 45.0 Å². The van der Waals surface area contributed by atoms with E-state index < -0.39 is 19.9 Å². The van der Waals surface area contributed by atoms with Crippen LogP contribution in [0.15, 0.2) is 24.3 Å². The molecule has 0 unspecified atom stereocenters. The lowest BCUT2D eigenvalue weighted by molar-refractivity contribution is -0.160. The van der Waals surface area contributed by atoms with Crippen LogP contribution in [0.3, 0.4) is 0 Å². The van der Waals surface area contributed by atoms with Gasteiger partial charge in [-0.3, -0.25) is 0 Å². The van der Waals surface area contributed by atoms with E-state index in [2.05, 4.69) is 51.3 Å². The minimum absolute atomic E-state index is 0.0457. The number of benzene rings is 1. The molecule has 1 amide bonds. The number of hydrogen-bond acceptors (Lipinski definition) is 5. The van der Waals surface area contributed by atoms with Crippen LogP contribution in [-0.4, -0.2) is 45.2 Å². The number of fused-ring (bicyclic) bond motifs is 1. The fourth-order valence-corrected chi connectivity index (χ4v) is 4.07. The molecule has 1 aliphatic carbocycles. The first-order chi connectivity index (χ1) is 13.7. The second-order valence-corrected chi connectivity index (χ2v) is 15.2. The molecule has 1 aromatic rings. The SMILES string of the molecule is CC(C)(C)OC(=O)COC[C@@H]1c2ccccc2C[C@H]1NC(=O)O[Si](C)(C)C(C)(C)C. The smallest absolute Gasteiger partial charge is 0.393 e. The zero-order valence-electron chi connectivity index (χ0n) is 19.6. The minimum Gasteiger partial charge on any atom is -0.504 e. The Bertz CT molecular complexity index is 764. The Morgan fingerprint density at radius 3 is 2.33 bits per heavy atom. The molecule has 0 radical (unpaired) electrons. The van der Waals surface area contributed by atoms with Crippen molar-refractivity contribution in [3.63, 3.8) is 0 Å². The van der Waals surface area contributed by atoms with Gasteiger partial charge in [0.15, 0.2) is 0 Å². The molecule has 1 aromatic carbocycles. The normalized spacial score (nSPS) is 19.2. The summed E-state index contributed by atoms with van der Waals surface area (Å²) in [6.07, 6.45) is 0.333. The molecule has 7 heteroatoms. The number of esters is 1. The van der Waals surface area contributed by atoms with E-state index in [0.29, 0.717) is 13.0 Å². The van der Waals surface area contributed by atoms with E-state index in [-0.39, 0.29) is 29.7 Å². The summed E-state index contributed by atoms with van der Waals surface area (Å²) < 4.78 is 16.9. The predicted octanol–water partition coefficient (Wildman–Crippen LogP) is 4.78. The summed E-state index contributed by atoms with van der Waals surface area (Å²) in [5.74, 6) is -0.439. The molecule has 0 saturated heterocycles. The lowest BCUT2D eigenvalue weighted by atomic mass is 9.99. The van der Waals surface area contributed by atoms with Gasteiger partial charge in [-0.2, -0.15) is 0 Å². The summed E-state index contributed by atoms with van der Waals surface area (Å²) in [5, 5.41) is 3.00. The molecule has 1 N–H and O–H groups in total. The Kier molecular flexibility index (Phi) is 7.40. The minimum atomic E-state index is -2.21. The summed E-state index contributed by atoms with van der Waals surface area (Å²) in [4.78, 5) is 24.6. The van der Waals surface area contributed by atoms with Crippen LogP contribution in [0.1, 0.15) is 58.6 Å². The summed E-state index contributed by atoms with van der Waals surface area (Å²) >= 11 is 0. The quantitative estimate of drug-likeness (QED) is 0.514. The zero-order chi connectivity index (χ0) is 22.7. The van der Waals surface area contributed by atoms with E-state index in [1.54, 1.807) is 0 Å². The first-order valence-electron chi connectivity index (χ1n) is 10.6. The molecular formula is C23H37NO5Si. The Morgan fingerprint density at radius 2 is 1.73 bits per heavy atom. The fourth-order valence-electron chi connectivity index (χ4n) is 3.24. The first-order valence-corrected chi connectivity index (χ1v) is 13.5. The molecule has 0 saturated carbocycles. The van der Waals surface area contributed by atoms with E-state index in [0.717, 1.165) is 5.56 Å². The number of amides is 1. The second kappa shape index (κ2) is 9.10. The van der Waals surface area contributed by atoms with Gasteiger partial charge in [-0.05, 0) is 56.5 Å². The van der Waals surface area contributed by atoms with E-state index in [9.17, 15) is 9.59 Å². The Balaban J connectivity index is 2.02. The van der Waals surface area contributed by atoms with Crippen LogP contribution in [0.25, 0.3) is 0 Å². The molecule has 30 heavy (non-hydrogen) atoms. The molecule has 0 bridgehead atoms. The van der Waals surface area contributed by atoms with Crippen LogP contribution >= 0.6 is 0 Å². The van der Waals surface area contributed by atoms with Crippen LogP contribution in [0, 0.1) is 0 Å². The first kappa shape index (κ1) is 24.4. The number of rotatable bonds is 6. The van der Waals surface area contributed by atoms with Crippen molar-refractivity contribution in [2.24, 2.45) is 0 Å². The molecule has 0 spiro atoms. The molecular weight excluding hydrogens is 398 g/mol. The third kappa shape index (κ3) is 6.57. The van der Waals surface area contributed by atoms with Gasteiger partial charge in [0, 0.05) is 12.0 Å². The van der Waals surface area contributed by atoms with Crippen molar-refractivity contribution in [1.82, 2.24) is 5.32 Å². The highest BCUT2D eigenvalue weighted by atomic mass is 28.4. The van der Waals surface area contributed by atoms with Gasteiger partial charge in [0.2, 0.25) is 0 Å². The molecule has 2 atom stereocenters. The van der Waals surface area contributed by atoms with Gasteiger partial charge in [0.05, 0.1) is 6.61 Å². The van der Waals surface area contributed by atoms with Crippen LogP contribution in [0.5, 0.6) is 0 Å². The van der Waals surface area contributed by atoms with Crippen molar-refractivity contribution in [2.45, 2.75) is 83.7 Å². The zero-order valence-corrected chi connectivity index (χ0v) is 20.6. The second-order valence-electron chi connectivity index (χ2n) is 10.5. The maximum absolute atomic E-state index is 12.7. The molecule has 1 aliphatic rings. The molecule has 6 nitrogen and oxygen atoms in total. The average molecular weight is 436 g/mol. The summed E-state index contributed by atoms with van der Waals surface area (Å²) in [7, 11) is -2.21. The van der Waals surface area contributed by atoms with Crippen LogP contribution in [0.2, 0.25) is 18.1 Å². The van der Waals surface area contributed by atoms with Crippen LogP contribution in [0.4, 0.5) is 4.79 Å². The van der Waals surface area contributed by atoms with Crippen molar-refractivity contribution in [3.05, 3.63) is 35.4 Å². The predicted molar refractivity (Wildman–Crippen MR) is 120 cm³/mol. The van der Waals surface area contributed by atoms with Crippen molar-refractivity contribution < 1.29 is 23.5 Å². The topological polar surface area (TPSA) is 73.9 Å². The monoisotopic (exact) mass is 435 g/mol.